The average molecular weight is 310 g/mol. The van der Waals surface area contributed by atoms with E-state index < -0.39 is 13.4 Å². The summed E-state index contributed by atoms with van der Waals surface area (Å²) >= 11 is 25.2. The molecule has 0 aromatic heterocycles. The summed E-state index contributed by atoms with van der Waals surface area (Å²) in [6, 6.07) is 4.03. The number of halogens is 4. The zero-order valence-electron chi connectivity index (χ0n) is 8.17. The second-order valence-electron chi connectivity index (χ2n) is 4.13. The highest BCUT2D eigenvalue weighted by molar-refractivity contribution is 7.46. The van der Waals surface area contributed by atoms with Crippen molar-refractivity contribution in [2.45, 2.75) is 49.9 Å². The Morgan fingerprint density at radius 1 is 0.500 bits per heavy atom. The van der Waals surface area contributed by atoms with Gasteiger partial charge in [-0.2, -0.15) is 0 Å². The summed E-state index contributed by atoms with van der Waals surface area (Å²) < 4.78 is 0. The van der Waals surface area contributed by atoms with Gasteiger partial charge in [0.05, 0.1) is 0 Å². The Morgan fingerprint density at radius 2 is 0.714 bits per heavy atom. The second kappa shape index (κ2) is 5.78. The van der Waals surface area contributed by atoms with Crippen LogP contribution in [0.2, 0.25) is 24.2 Å². The third-order valence-corrected chi connectivity index (χ3v) is 11.5. The maximum atomic E-state index is 6.30. The van der Waals surface area contributed by atoms with Gasteiger partial charge in [-0.25, -0.2) is 0 Å². The minimum absolute atomic E-state index is 1.01. The fourth-order valence-corrected chi connectivity index (χ4v) is 8.56. The smallest absolute Gasteiger partial charge is 0.146 e. The molecule has 6 heteroatoms. The van der Waals surface area contributed by atoms with Gasteiger partial charge in [0.15, 0.2) is 0 Å². The molecule has 1 heterocycles. The molecular weight excluding hydrogens is 294 g/mol. The molecular formula is C8H16Cl4Si2. The van der Waals surface area contributed by atoms with Gasteiger partial charge in [-0.05, 0) is 24.2 Å². The van der Waals surface area contributed by atoms with E-state index in [-0.39, 0.29) is 0 Å². The highest BCUT2D eigenvalue weighted by atomic mass is 35.7. The van der Waals surface area contributed by atoms with Crippen LogP contribution in [0.3, 0.4) is 0 Å². The summed E-state index contributed by atoms with van der Waals surface area (Å²) in [6.45, 7) is -3.80. The van der Waals surface area contributed by atoms with E-state index >= 15 is 0 Å². The zero-order valence-corrected chi connectivity index (χ0v) is 13.2. The molecule has 14 heavy (non-hydrogen) atoms. The predicted octanol–water partition coefficient (Wildman–Crippen LogP) is 5.40. The van der Waals surface area contributed by atoms with Gasteiger partial charge in [0.2, 0.25) is 0 Å². The molecule has 1 fully saturated rings. The molecule has 1 aliphatic rings. The summed E-state index contributed by atoms with van der Waals surface area (Å²) in [4.78, 5) is 0. The molecule has 1 rings (SSSR count). The minimum atomic E-state index is -1.90. The van der Waals surface area contributed by atoms with Crippen molar-refractivity contribution in [1.29, 1.82) is 0 Å². The van der Waals surface area contributed by atoms with E-state index in [0.717, 1.165) is 49.9 Å². The van der Waals surface area contributed by atoms with Crippen LogP contribution in [0.25, 0.3) is 0 Å². The lowest BCUT2D eigenvalue weighted by Gasteiger charge is -2.22. The third kappa shape index (κ3) is 5.62. The molecule has 0 amide bonds. The van der Waals surface area contributed by atoms with Gasteiger partial charge in [0.25, 0.3) is 13.4 Å². The highest BCUT2D eigenvalue weighted by Gasteiger charge is 2.32. The number of rotatable bonds is 0. The van der Waals surface area contributed by atoms with Gasteiger partial charge in [0, 0.05) is 0 Å². The van der Waals surface area contributed by atoms with Crippen LogP contribution in [0.4, 0.5) is 0 Å². The maximum absolute atomic E-state index is 6.30. The summed E-state index contributed by atoms with van der Waals surface area (Å²) in [6.07, 6.45) is 4.42. The Hall–Kier alpha value is 1.59. The van der Waals surface area contributed by atoms with Crippen LogP contribution in [0.1, 0.15) is 25.7 Å². The molecule has 0 unspecified atom stereocenters. The van der Waals surface area contributed by atoms with Crippen molar-refractivity contribution in [3.05, 3.63) is 0 Å². The van der Waals surface area contributed by atoms with Crippen molar-refractivity contribution in [1.82, 2.24) is 0 Å². The van der Waals surface area contributed by atoms with E-state index in [1.54, 1.807) is 0 Å². The summed E-state index contributed by atoms with van der Waals surface area (Å²) in [5.41, 5.74) is 0. The second-order valence-corrected chi connectivity index (χ2v) is 19.4. The molecule has 0 aromatic carbocycles. The molecule has 0 saturated carbocycles. The lowest BCUT2D eigenvalue weighted by atomic mass is 10.4. The molecule has 0 N–H and O–H groups in total. The maximum Gasteiger partial charge on any atom is 0.251 e. The van der Waals surface area contributed by atoms with Gasteiger partial charge in [-0.15, -0.1) is 44.3 Å². The number of hydrogen-bond donors (Lipinski definition) is 0. The van der Waals surface area contributed by atoms with E-state index in [0.29, 0.717) is 0 Å². The lowest BCUT2D eigenvalue weighted by molar-refractivity contribution is 0.811. The van der Waals surface area contributed by atoms with Crippen LogP contribution in [-0.4, -0.2) is 13.4 Å². The lowest BCUT2D eigenvalue weighted by Crippen LogP contribution is -2.23. The predicted molar refractivity (Wildman–Crippen MR) is 72.6 cm³/mol. The van der Waals surface area contributed by atoms with Crippen LogP contribution >= 0.6 is 44.3 Å². The largest absolute Gasteiger partial charge is 0.251 e. The average Bonchev–Trinajstić information content (AvgIpc) is 2.07. The van der Waals surface area contributed by atoms with E-state index in [2.05, 4.69) is 0 Å². The molecule has 0 aromatic rings. The van der Waals surface area contributed by atoms with Crippen molar-refractivity contribution in [3.63, 3.8) is 0 Å². The zero-order chi connectivity index (χ0) is 10.7. The Labute approximate surface area is 107 Å². The molecule has 0 nitrogen and oxygen atoms in total. The fourth-order valence-electron chi connectivity index (χ4n) is 1.78. The van der Waals surface area contributed by atoms with Crippen molar-refractivity contribution >= 4 is 57.7 Å². The highest BCUT2D eigenvalue weighted by Crippen LogP contribution is 2.36. The first-order valence-electron chi connectivity index (χ1n) is 5.17. The van der Waals surface area contributed by atoms with Crippen LogP contribution < -0.4 is 0 Å². The summed E-state index contributed by atoms with van der Waals surface area (Å²) in [5.74, 6) is 0. The van der Waals surface area contributed by atoms with E-state index in [1.165, 1.54) is 0 Å². The standard InChI is InChI=1S/C8H16Cl4Si2/c9-13(10)5-1-2-6-14(11,12)8-4-3-7-13/h1-8H2. The van der Waals surface area contributed by atoms with Crippen LogP contribution in [0, 0.1) is 0 Å². The molecule has 84 valence electrons. The van der Waals surface area contributed by atoms with Gasteiger partial charge in [0.1, 0.15) is 0 Å². The van der Waals surface area contributed by atoms with Gasteiger partial charge >= 0.3 is 0 Å². The normalized spacial score (nSPS) is 28.3. The molecule has 0 radical (unpaired) electrons. The summed E-state index contributed by atoms with van der Waals surface area (Å²) in [7, 11) is 0. The molecule has 1 aliphatic heterocycles. The van der Waals surface area contributed by atoms with Crippen molar-refractivity contribution in [2.75, 3.05) is 0 Å². The monoisotopic (exact) mass is 308 g/mol. The van der Waals surface area contributed by atoms with Crippen molar-refractivity contribution < 1.29 is 0 Å². The number of hydrogen-bond acceptors (Lipinski definition) is 0. The fraction of sp³-hybridized carbons (Fsp3) is 1.00. The molecule has 1 saturated heterocycles. The Bertz CT molecular complexity index is 148. The Morgan fingerprint density at radius 3 is 0.929 bits per heavy atom. The minimum Gasteiger partial charge on any atom is -0.146 e. The van der Waals surface area contributed by atoms with Gasteiger partial charge in [-0.1, -0.05) is 25.7 Å². The van der Waals surface area contributed by atoms with E-state index in [1.807, 2.05) is 0 Å². The first-order valence-corrected chi connectivity index (χ1v) is 14.0. The van der Waals surface area contributed by atoms with Crippen LogP contribution in [0.5, 0.6) is 0 Å². The third-order valence-electron chi connectivity index (χ3n) is 2.67. The topological polar surface area (TPSA) is 0 Å². The quantitative estimate of drug-likeness (QED) is 0.415. The first-order chi connectivity index (χ1) is 6.41. The molecule has 0 atom stereocenters. The SMILES string of the molecule is Cl[Si]1(Cl)CCCC[Si](Cl)(Cl)CCCC1. The van der Waals surface area contributed by atoms with Crippen LogP contribution in [0.15, 0.2) is 0 Å². The van der Waals surface area contributed by atoms with Gasteiger partial charge in [-0.3, -0.25) is 0 Å². The van der Waals surface area contributed by atoms with E-state index in [4.69, 9.17) is 44.3 Å². The van der Waals surface area contributed by atoms with Crippen LogP contribution in [-0.2, 0) is 0 Å². The molecule has 0 aliphatic carbocycles. The summed E-state index contributed by atoms with van der Waals surface area (Å²) in [5, 5.41) is 0. The Kier molecular flexibility index (Phi) is 5.64. The van der Waals surface area contributed by atoms with Crippen molar-refractivity contribution in [3.8, 4) is 0 Å². The molecule has 0 spiro atoms. The molecule has 0 bridgehead atoms. The van der Waals surface area contributed by atoms with E-state index in [9.17, 15) is 0 Å². The Balaban J connectivity index is 2.42. The van der Waals surface area contributed by atoms with Gasteiger partial charge < -0.3 is 0 Å². The van der Waals surface area contributed by atoms with Crippen molar-refractivity contribution in [2.24, 2.45) is 0 Å². The first kappa shape index (κ1) is 13.7.